The van der Waals surface area contributed by atoms with E-state index in [0.717, 1.165) is 0 Å². The Labute approximate surface area is 63.2 Å². The van der Waals surface area contributed by atoms with Gasteiger partial charge in [-0.15, -0.1) is 0 Å². The standard InChI is InChI=1S/C3H5Cl2O3P/c1-2(3(4)5)8-9(6)7/h9H,1H3,(H,6,7). The third-order valence-electron chi connectivity index (χ3n) is 0.507. The molecule has 0 spiro atoms. The maximum Gasteiger partial charge on any atom is 0.365 e. The van der Waals surface area contributed by atoms with Crippen molar-refractivity contribution in [1.29, 1.82) is 0 Å². The average molecular weight is 191 g/mol. The van der Waals surface area contributed by atoms with Crippen molar-refractivity contribution in [3.63, 3.8) is 0 Å². The van der Waals surface area contributed by atoms with Gasteiger partial charge in [-0.3, -0.25) is 0 Å². The fourth-order valence-corrected chi connectivity index (χ4v) is 0.740. The van der Waals surface area contributed by atoms with Crippen molar-refractivity contribution in [3.8, 4) is 0 Å². The summed E-state index contributed by atoms with van der Waals surface area (Å²) in [6, 6.07) is 0. The Hall–Kier alpha value is 0.310. The van der Waals surface area contributed by atoms with E-state index in [9.17, 15) is 4.57 Å². The van der Waals surface area contributed by atoms with Crippen LogP contribution in [-0.4, -0.2) is 4.89 Å². The third kappa shape index (κ3) is 4.79. The van der Waals surface area contributed by atoms with Gasteiger partial charge in [0, 0.05) is 0 Å². The highest BCUT2D eigenvalue weighted by atomic mass is 35.5. The molecule has 0 fully saturated rings. The molecule has 0 aromatic heterocycles. The zero-order valence-corrected chi connectivity index (χ0v) is 7.03. The van der Waals surface area contributed by atoms with Crippen molar-refractivity contribution in [3.05, 3.63) is 10.3 Å². The van der Waals surface area contributed by atoms with Crippen LogP contribution in [-0.2, 0) is 9.09 Å². The molecular formula is C3H5Cl2O3P. The molecule has 0 aliphatic rings. The number of rotatable bonds is 2. The second-order valence-corrected chi connectivity index (χ2v) is 2.87. The SMILES string of the molecule is CC(O[PH](=O)O)=C(Cl)Cl. The van der Waals surface area contributed by atoms with Crippen LogP contribution in [0.2, 0.25) is 0 Å². The first-order chi connectivity index (χ1) is 4.04. The molecular weight excluding hydrogens is 186 g/mol. The predicted octanol–water partition coefficient (Wildman–Crippen LogP) is 2.05. The van der Waals surface area contributed by atoms with Gasteiger partial charge in [0.15, 0.2) is 0 Å². The lowest BCUT2D eigenvalue weighted by Gasteiger charge is -1.98. The number of halogens is 2. The van der Waals surface area contributed by atoms with Gasteiger partial charge in [0.1, 0.15) is 10.3 Å². The lowest BCUT2D eigenvalue weighted by molar-refractivity contribution is 0.353. The van der Waals surface area contributed by atoms with E-state index >= 15 is 0 Å². The zero-order chi connectivity index (χ0) is 7.44. The average Bonchev–Trinajstić information content (AvgIpc) is 1.63. The molecule has 0 heterocycles. The molecule has 0 aromatic carbocycles. The molecule has 1 N–H and O–H groups in total. The topological polar surface area (TPSA) is 46.5 Å². The Bertz CT molecular complexity index is 151. The first-order valence-corrected chi connectivity index (χ1v) is 3.98. The van der Waals surface area contributed by atoms with E-state index in [4.69, 9.17) is 28.1 Å². The van der Waals surface area contributed by atoms with Crippen molar-refractivity contribution in [2.75, 3.05) is 0 Å². The molecule has 0 aliphatic carbocycles. The minimum atomic E-state index is -2.96. The van der Waals surface area contributed by atoms with Crippen LogP contribution in [0.3, 0.4) is 0 Å². The Morgan fingerprint density at radius 1 is 1.67 bits per heavy atom. The summed E-state index contributed by atoms with van der Waals surface area (Å²) < 4.78 is 14.0. The zero-order valence-electron chi connectivity index (χ0n) is 4.52. The maximum absolute atomic E-state index is 9.93. The lowest BCUT2D eigenvalue weighted by atomic mass is 10.7. The lowest BCUT2D eigenvalue weighted by Crippen LogP contribution is -1.76. The molecule has 3 nitrogen and oxygen atoms in total. The van der Waals surface area contributed by atoms with Crippen molar-refractivity contribution in [1.82, 2.24) is 0 Å². The minimum absolute atomic E-state index is 0.0599. The van der Waals surface area contributed by atoms with Gasteiger partial charge in [-0.2, -0.15) is 0 Å². The molecule has 1 unspecified atom stereocenters. The molecule has 54 valence electrons. The first kappa shape index (κ1) is 9.31. The van der Waals surface area contributed by atoms with Crippen LogP contribution in [0.15, 0.2) is 10.3 Å². The van der Waals surface area contributed by atoms with Crippen molar-refractivity contribution >= 4 is 31.5 Å². The maximum atomic E-state index is 9.93. The summed E-state index contributed by atoms with van der Waals surface area (Å²) in [5, 5.41) is 0. The van der Waals surface area contributed by atoms with Crippen molar-refractivity contribution in [2.24, 2.45) is 0 Å². The highest BCUT2D eigenvalue weighted by Gasteiger charge is 1.98. The van der Waals surface area contributed by atoms with E-state index in [1.54, 1.807) is 0 Å². The summed E-state index contributed by atoms with van der Waals surface area (Å²) in [6.45, 7) is 1.40. The van der Waals surface area contributed by atoms with E-state index in [1.165, 1.54) is 6.92 Å². The third-order valence-corrected chi connectivity index (χ3v) is 1.52. The van der Waals surface area contributed by atoms with Crippen LogP contribution in [0.4, 0.5) is 0 Å². The van der Waals surface area contributed by atoms with Gasteiger partial charge >= 0.3 is 8.25 Å². The Balaban J connectivity index is 3.92. The summed E-state index contributed by atoms with van der Waals surface area (Å²) >= 11 is 10.3. The van der Waals surface area contributed by atoms with E-state index < -0.39 is 8.25 Å². The Morgan fingerprint density at radius 3 is 2.22 bits per heavy atom. The predicted molar refractivity (Wildman–Crippen MR) is 36.7 cm³/mol. The summed E-state index contributed by atoms with van der Waals surface area (Å²) in [6.07, 6.45) is 0. The number of hydrogen-bond donors (Lipinski definition) is 1. The number of hydrogen-bond acceptors (Lipinski definition) is 2. The fourth-order valence-electron chi connectivity index (χ4n) is 0.170. The largest absolute Gasteiger partial charge is 0.429 e. The highest BCUT2D eigenvalue weighted by molar-refractivity contribution is 7.32. The summed E-state index contributed by atoms with van der Waals surface area (Å²) in [5.74, 6) is 0.0599. The molecule has 0 saturated heterocycles. The van der Waals surface area contributed by atoms with Crippen molar-refractivity contribution in [2.45, 2.75) is 6.92 Å². The monoisotopic (exact) mass is 190 g/mol. The Morgan fingerprint density at radius 2 is 2.11 bits per heavy atom. The van der Waals surface area contributed by atoms with E-state index in [-0.39, 0.29) is 10.3 Å². The second-order valence-electron chi connectivity index (χ2n) is 1.18. The molecule has 9 heavy (non-hydrogen) atoms. The van der Waals surface area contributed by atoms with Crippen molar-refractivity contribution < 1.29 is 14.0 Å². The van der Waals surface area contributed by atoms with Crippen LogP contribution < -0.4 is 0 Å². The van der Waals surface area contributed by atoms with Crippen LogP contribution in [0, 0.1) is 0 Å². The van der Waals surface area contributed by atoms with Crippen LogP contribution in [0.25, 0.3) is 0 Å². The molecule has 0 aromatic rings. The summed E-state index contributed by atoms with van der Waals surface area (Å²) in [4.78, 5) is 8.14. The first-order valence-electron chi connectivity index (χ1n) is 1.96. The molecule has 0 amide bonds. The highest BCUT2D eigenvalue weighted by Crippen LogP contribution is 2.25. The van der Waals surface area contributed by atoms with Crippen LogP contribution in [0.1, 0.15) is 6.92 Å². The molecule has 0 bridgehead atoms. The normalized spacial score (nSPS) is 12.4. The fraction of sp³-hybridized carbons (Fsp3) is 0.333. The quantitative estimate of drug-likeness (QED) is 0.536. The van der Waals surface area contributed by atoms with Gasteiger partial charge in [0.05, 0.1) is 0 Å². The van der Waals surface area contributed by atoms with Crippen LogP contribution >= 0.6 is 31.5 Å². The van der Waals surface area contributed by atoms with Gasteiger partial charge in [-0.1, -0.05) is 23.2 Å². The summed E-state index contributed by atoms with van der Waals surface area (Å²) in [7, 11) is -2.96. The van der Waals surface area contributed by atoms with E-state index in [0.29, 0.717) is 0 Å². The van der Waals surface area contributed by atoms with Gasteiger partial charge in [-0.05, 0) is 6.92 Å². The summed E-state index contributed by atoms with van der Waals surface area (Å²) in [5.41, 5.74) is 0. The van der Waals surface area contributed by atoms with Gasteiger partial charge in [-0.25, -0.2) is 4.57 Å². The van der Waals surface area contributed by atoms with Gasteiger partial charge in [0.25, 0.3) is 0 Å². The Kier molecular flexibility index (Phi) is 4.32. The molecule has 6 heteroatoms. The second kappa shape index (κ2) is 4.18. The molecule has 0 radical (unpaired) electrons. The molecule has 0 saturated carbocycles. The molecule has 0 aliphatic heterocycles. The molecule has 0 rings (SSSR count). The minimum Gasteiger partial charge on any atom is -0.429 e. The van der Waals surface area contributed by atoms with Crippen LogP contribution in [0.5, 0.6) is 0 Å². The molecule has 1 atom stereocenters. The number of allylic oxidation sites excluding steroid dienone is 1. The van der Waals surface area contributed by atoms with E-state index in [2.05, 4.69) is 4.52 Å². The van der Waals surface area contributed by atoms with Gasteiger partial charge < -0.3 is 9.42 Å². The van der Waals surface area contributed by atoms with E-state index in [1.807, 2.05) is 0 Å². The smallest absolute Gasteiger partial charge is 0.365 e. The van der Waals surface area contributed by atoms with Gasteiger partial charge in [0.2, 0.25) is 0 Å².